The Kier molecular flexibility index (Phi) is 2.09. The molecule has 0 radical (unpaired) electrons. The summed E-state index contributed by atoms with van der Waals surface area (Å²) in [7, 11) is 0. The maximum absolute atomic E-state index is 4.50. The highest BCUT2D eigenvalue weighted by atomic mass is 127. The molecule has 0 N–H and O–H groups in total. The first-order valence-electron chi connectivity index (χ1n) is 4.77. The molecule has 0 spiro atoms. The topological polar surface area (TPSA) is 12.9 Å². The van der Waals surface area contributed by atoms with E-state index in [1.807, 2.05) is 6.20 Å². The lowest BCUT2D eigenvalue weighted by molar-refractivity contribution is 1.40. The number of hydrogen-bond acceptors (Lipinski definition) is 1. The number of fused-ring (bicyclic) bond motifs is 3. The molecule has 0 amide bonds. The van der Waals surface area contributed by atoms with E-state index in [0.29, 0.717) is 0 Å². The van der Waals surface area contributed by atoms with Crippen LogP contribution >= 0.6 is 22.6 Å². The molecule has 0 unspecified atom stereocenters. The molecule has 0 fully saturated rings. The van der Waals surface area contributed by atoms with Crippen LogP contribution in [0.4, 0.5) is 0 Å². The minimum atomic E-state index is 1.09. The normalized spacial score (nSPS) is 11.0. The summed E-state index contributed by atoms with van der Waals surface area (Å²) in [6, 6.07) is 14.8. The molecule has 2 heteroatoms. The molecule has 0 saturated heterocycles. The summed E-state index contributed by atoms with van der Waals surface area (Å²) < 4.78 is 1.18. The van der Waals surface area contributed by atoms with Crippen LogP contribution in [0.15, 0.2) is 48.7 Å². The smallest absolute Gasteiger partial charge is 0.0781 e. The number of rotatable bonds is 0. The highest BCUT2D eigenvalue weighted by Crippen LogP contribution is 2.24. The molecule has 1 heterocycles. The van der Waals surface area contributed by atoms with Gasteiger partial charge in [0.2, 0.25) is 0 Å². The third kappa shape index (κ3) is 1.49. The molecule has 15 heavy (non-hydrogen) atoms. The monoisotopic (exact) mass is 305 g/mol. The third-order valence-electron chi connectivity index (χ3n) is 2.54. The van der Waals surface area contributed by atoms with Gasteiger partial charge < -0.3 is 0 Å². The fraction of sp³-hybridized carbons (Fsp3) is 0. The molecule has 0 aliphatic heterocycles. The van der Waals surface area contributed by atoms with Crippen molar-refractivity contribution in [2.45, 2.75) is 0 Å². The first-order valence-corrected chi connectivity index (χ1v) is 5.85. The van der Waals surface area contributed by atoms with E-state index in [4.69, 9.17) is 0 Å². The fourth-order valence-electron chi connectivity index (χ4n) is 1.84. The number of halogens is 1. The number of pyridine rings is 1. The summed E-state index contributed by atoms with van der Waals surface area (Å²) in [6.45, 7) is 0. The largest absolute Gasteiger partial charge is 0.255 e. The van der Waals surface area contributed by atoms with Crippen molar-refractivity contribution in [1.82, 2.24) is 4.98 Å². The highest BCUT2D eigenvalue weighted by Gasteiger charge is 2.00. The lowest BCUT2D eigenvalue weighted by Gasteiger charge is -2.02. The van der Waals surface area contributed by atoms with Crippen LogP contribution in [0.5, 0.6) is 0 Å². The van der Waals surface area contributed by atoms with E-state index in [9.17, 15) is 0 Å². The van der Waals surface area contributed by atoms with Crippen LogP contribution in [-0.4, -0.2) is 4.98 Å². The molecule has 0 aliphatic carbocycles. The van der Waals surface area contributed by atoms with Gasteiger partial charge in [-0.15, -0.1) is 0 Å². The molecular weight excluding hydrogens is 297 g/mol. The van der Waals surface area contributed by atoms with E-state index in [1.165, 1.54) is 19.7 Å². The van der Waals surface area contributed by atoms with Gasteiger partial charge in [-0.2, -0.15) is 0 Å². The molecule has 1 aromatic heterocycles. The van der Waals surface area contributed by atoms with E-state index in [2.05, 4.69) is 70.0 Å². The van der Waals surface area contributed by atoms with Crippen LogP contribution in [-0.2, 0) is 0 Å². The van der Waals surface area contributed by atoms with Gasteiger partial charge in [-0.3, -0.25) is 4.98 Å². The minimum absolute atomic E-state index is 1.09. The SMILES string of the molecule is Ic1cnc2c(ccc3ccccc32)c1. The van der Waals surface area contributed by atoms with Gasteiger partial charge in [0.1, 0.15) is 0 Å². The summed E-state index contributed by atoms with van der Waals surface area (Å²) in [4.78, 5) is 4.50. The van der Waals surface area contributed by atoms with Gasteiger partial charge in [-0.05, 0) is 34.0 Å². The van der Waals surface area contributed by atoms with Gasteiger partial charge in [0.05, 0.1) is 5.52 Å². The minimum Gasteiger partial charge on any atom is -0.255 e. The maximum Gasteiger partial charge on any atom is 0.0781 e. The molecule has 1 nitrogen and oxygen atoms in total. The first kappa shape index (κ1) is 9.09. The average molecular weight is 305 g/mol. The van der Waals surface area contributed by atoms with Crippen molar-refractivity contribution in [3.63, 3.8) is 0 Å². The third-order valence-corrected chi connectivity index (χ3v) is 3.13. The lowest BCUT2D eigenvalue weighted by atomic mass is 10.1. The molecule has 0 saturated carbocycles. The van der Waals surface area contributed by atoms with Crippen molar-refractivity contribution in [1.29, 1.82) is 0 Å². The highest BCUT2D eigenvalue weighted by molar-refractivity contribution is 14.1. The van der Waals surface area contributed by atoms with Crippen LogP contribution in [0.25, 0.3) is 21.7 Å². The second-order valence-electron chi connectivity index (χ2n) is 3.51. The molecule has 0 bridgehead atoms. The Labute approximate surface area is 101 Å². The summed E-state index contributed by atoms with van der Waals surface area (Å²) in [5.74, 6) is 0. The van der Waals surface area contributed by atoms with Crippen molar-refractivity contribution < 1.29 is 0 Å². The van der Waals surface area contributed by atoms with E-state index < -0.39 is 0 Å². The standard InChI is InChI=1S/C13H8IN/c14-11-7-10-6-5-9-3-1-2-4-12(9)13(10)15-8-11/h1-8H. The average Bonchev–Trinajstić information content (AvgIpc) is 2.28. The van der Waals surface area contributed by atoms with Gasteiger partial charge in [-0.25, -0.2) is 0 Å². The molecule has 3 aromatic rings. The predicted octanol–water partition coefficient (Wildman–Crippen LogP) is 3.99. The molecule has 72 valence electrons. The fourth-order valence-corrected chi connectivity index (χ4v) is 2.32. The first-order chi connectivity index (χ1) is 7.34. The number of aromatic nitrogens is 1. The van der Waals surface area contributed by atoms with Crippen LogP contribution < -0.4 is 0 Å². The summed E-state index contributed by atoms with van der Waals surface area (Å²) >= 11 is 2.29. The zero-order valence-electron chi connectivity index (χ0n) is 7.94. The van der Waals surface area contributed by atoms with E-state index in [1.54, 1.807) is 0 Å². The molecule has 0 aliphatic rings. The molecular formula is C13H8IN. The zero-order chi connectivity index (χ0) is 10.3. The number of nitrogens with zero attached hydrogens (tertiary/aromatic N) is 1. The second-order valence-corrected chi connectivity index (χ2v) is 4.76. The van der Waals surface area contributed by atoms with Crippen molar-refractivity contribution >= 4 is 44.3 Å². The predicted molar refractivity (Wildman–Crippen MR) is 72.0 cm³/mol. The Morgan fingerprint density at radius 1 is 0.933 bits per heavy atom. The van der Waals surface area contributed by atoms with Crippen molar-refractivity contribution in [3.8, 4) is 0 Å². The van der Waals surface area contributed by atoms with Crippen LogP contribution in [0.1, 0.15) is 0 Å². The van der Waals surface area contributed by atoms with Crippen LogP contribution in [0, 0.1) is 3.57 Å². The van der Waals surface area contributed by atoms with Crippen molar-refractivity contribution in [2.75, 3.05) is 0 Å². The van der Waals surface area contributed by atoms with Gasteiger partial charge in [0, 0.05) is 20.5 Å². The Bertz CT molecular complexity index is 646. The Hall–Kier alpha value is -1.16. The summed E-state index contributed by atoms with van der Waals surface area (Å²) in [5, 5.41) is 3.69. The van der Waals surface area contributed by atoms with E-state index in [-0.39, 0.29) is 0 Å². The molecule has 3 rings (SSSR count). The van der Waals surface area contributed by atoms with Crippen LogP contribution in [0.3, 0.4) is 0 Å². The zero-order valence-corrected chi connectivity index (χ0v) is 10.1. The Balaban J connectivity index is 2.55. The molecule has 0 atom stereocenters. The molecule has 2 aromatic carbocycles. The number of hydrogen-bond donors (Lipinski definition) is 0. The van der Waals surface area contributed by atoms with Gasteiger partial charge in [-0.1, -0.05) is 36.4 Å². The van der Waals surface area contributed by atoms with E-state index >= 15 is 0 Å². The van der Waals surface area contributed by atoms with E-state index in [0.717, 1.165) is 5.52 Å². The summed E-state index contributed by atoms with van der Waals surface area (Å²) in [6.07, 6.45) is 1.91. The Morgan fingerprint density at radius 3 is 2.67 bits per heavy atom. The Morgan fingerprint density at radius 2 is 1.73 bits per heavy atom. The van der Waals surface area contributed by atoms with Crippen molar-refractivity contribution in [3.05, 3.63) is 52.2 Å². The number of benzene rings is 2. The van der Waals surface area contributed by atoms with Crippen LogP contribution in [0.2, 0.25) is 0 Å². The maximum atomic E-state index is 4.50. The van der Waals surface area contributed by atoms with Gasteiger partial charge in [0.25, 0.3) is 0 Å². The quantitative estimate of drug-likeness (QED) is 0.452. The lowest BCUT2D eigenvalue weighted by Crippen LogP contribution is -1.82. The van der Waals surface area contributed by atoms with Gasteiger partial charge >= 0.3 is 0 Å². The second kappa shape index (κ2) is 3.45. The summed E-state index contributed by atoms with van der Waals surface area (Å²) in [5.41, 5.74) is 1.09. The van der Waals surface area contributed by atoms with Gasteiger partial charge in [0.15, 0.2) is 0 Å². The van der Waals surface area contributed by atoms with Crippen molar-refractivity contribution in [2.24, 2.45) is 0 Å².